The molecule has 2 rings (SSSR count). The third kappa shape index (κ3) is 2.66. The van der Waals surface area contributed by atoms with E-state index in [0.717, 1.165) is 6.07 Å². The average molecular weight is 258 g/mol. The standard InChI is InChI=1S/C13H7FN2O3/c14-9-6-8(7-15)3-4-10(9)19-11-2-1-5-16-12(11)13(17)18/h1-6H,(H,17,18). The van der Waals surface area contributed by atoms with Crippen molar-refractivity contribution in [1.29, 1.82) is 5.26 Å². The third-order valence-electron chi connectivity index (χ3n) is 2.25. The van der Waals surface area contributed by atoms with E-state index in [1.54, 1.807) is 6.07 Å². The first kappa shape index (κ1) is 12.5. The second-order valence-electron chi connectivity index (χ2n) is 3.51. The Labute approximate surface area is 107 Å². The Hall–Kier alpha value is -2.94. The molecule has 1 N–H and O–H groups in total. The molecule has 0 radical (unpaired) electrons. The first-order valence-corrected chi connectivity index (χ1v) is 5.17. The highest BCUT2D eigenvalue weighted by Crippen LogP contribution is 2.26. The lowest BCUT2D eigenvalue weighted by Gasteiger charge is -2.08. The Morgan fingerprint density at radius 2 is 2.16 bits per heavy atom. The summed E-state index contributed by atoms with van der Waals surface area (Å²) in [5.74, 6) is -2.27. The smallest absolute Gasteiger partial charge is 0.358 e. The van der Waals surface area contributed by atoms with Gasteiger partial charge in [-0.2, -0.15) is 5.26 Å². The lowest BCUT2D eigenvalue weighted by atomic mass is 10.2. The molecule has 6 heteroatoms. The van der Waals surface area contributed by atoms with Gasteiger partial charge in [0, 0.05) is 6.20 Å². The van der Waals surface area contributed by atoms with Gasteiger partial charge in [-0.15, -0.1) is 0 Å². The van der Waals surface area contributed by atoms with Crippen LogP contribution in [0.4, 0.5) is 4.39 Å². The van der Waals surface area contributed by atoms with Crippen LogP contribution >= 0.6 is 0 Å². The summed E-state index contributed by atoms with van der Waals surface area (Å²) in [6.45, 7) is 0. The van der Waals surface area contributed by atoms with Gasteiger partial charge >= 0.3 is 5.97 Å². The Morgan fingerprint density at radius 3 is 2.79 bits per heavy atom. The predicted octanol–water partition coefficient (Wildman–Crippen LogP) is 2.58. The van der Waals surface area contributed by atoms with Crippen LogP contribution in [0.15, 0.2) is 36.5 Å². The lowest BCUT2D eigenvalue weighted by Crippen LogP contribution is -2.03. The van der Waals surface area contributed by atoms with E-state index in [1.165, 1.54) is 30.5 Å². The van der Waals surface area contributed by atoms with E-state index in [2.05, 4.69) is 4.98 Å². The van der Waals surface area contributed by atoms with Gasteiger partial charge in [0.1, 0.15) is 0 Å². The number of carboxylic acid groups (broad SMARTS) is 1. The maximum Gasteiger partial charge on any atom is 0.358 e. The van der Waals surface area contributed by atoms with Crippen LogP contribution in [-0.2, 0) is 0 Å². The summed E-state index contributed by atoms with van der Waals surface area (Å²) in [5.41, 5.74) is -0.166. The zero-order valence-electron chi connectivity index (χ0n) is 9.50. The summed E-state index contributed by atoms with van der Waals surface area (Å²) in [5, 5.41) is 17.5. The van der Waals surface area contributed by atoms with E-state index in [4.69, 9.17) is 15.1 Å². The number of nitrogens with zero attached hydrogens (tertiary/aromatic N) is 2. The number of pyridine rings is 1. The number of hydrogen-bond acceptors (Lipinski definition) is 4. The molecule has 5 nitrogen and oxygen atoms in total. The van der Waals surface area contributed by atoms with Crippen molar-refractivity contribution in [2.24, 2.45) is 0 Å². The van der Waals surface area contributed by atoms with Crippen LogP contribution in [-0.4, -0.2) is 16.1 Å². The molecule has 94 valence electrons. The predicted molar refractivity (Wildman–Crippen MR) is 62.4 cm³/mol. The fraction of sp³-hybridized carbons (Fsp3) is 0. The molecule has 0 unspecified atom stereocenters. The highest BCUT2D eigenvalue weighted by Gasteiger charge is 2.14. The minimum Gasteiger partial charge on any atom is -0.476 e. The molecule has 2 aromatic rings. The normalized spacial score (nSPS) is 9.68. The maximum atomic E-state index is 13.6. The number of hydrogen-bond donors (Lipinski definition) is 1. The summed E-state index contributed by atoms with van der Waals surface area (Å²) in [7, 11) is 0. The Balaban J connectivity index is 2.37. The van der Waals surface area contributed by atoms with Gasteiger partial charge in [-0.25, -0.2) is 14.2 Å². The van der Waals surface area contributed by atoms with Gasteiger partial charge in [-0.3, -0.25) is 0 Å². The van der Waals surface area contributed by atoms with E-state index in [1.807, 2.05) is 0 Å². The molecule has 0 saturated heterocycles. The fourth-order valence-electron chi connectivity index (χ4n) is 1.41. The SMILES string of the molecule is N#Cc1ccc(Oc2cccnc2C(=O)O)c(F)c1. The number of carboxylic acids is 1. The number of halogens is 1. The van der Waals surface area contributed by atoms with Crippen LogP contribution in [0.1, 0.15) is 16.1 Å². The number of nitriles is 1. The molecular formula is C13H7FN2O3. The van der Waals surface area contributed by atoms with Crippen LogP contribution in [0.25, 0.3) is 0 Å². The van der Waals surface area contributed by atoms with Crippen LogP contribution < -0.4 is 4.74 Å². The van der Waals surface area contributed by atoms with Gasteiger partial charge in [0.15, 0.2) is 23.0 Å². The Morgan fingerprint density at radius 1 is 1.37 bits per heavy atom. The van der Waals surface area contributed by atoms with Crippen LogP contribution in [0.2, 0.25) is 0 Å². The minimum atomic E-state index is -1.27. The molecule has 0 aliphatic rings. The number of carbonyl (C=O) groups is 1. The van der Waals surface area contributed by atoms with Gasteiger partial charge in [-0.1, -0.05) is 0 Å². The van der Waals surface area contributed by atoms with E-state index < -0.39 is 11.8 Å². The average Bonchev–Trinajstić information content (AvgIpc) is 2.41. The summed E-state index contributed by atoms with van der Waals surface area (Å²) in [6.07, 6.45) is 1.30. The zero-order valence-corrected chi connectivity index (χ0v) is 9.50. The summed E-state index contributed by atoms with van der Waals surface area (Å²) >= 11 is 0. The van der Waals surface area contributed by atoms with E-state index in [-0.39, 0.29) is 22.8 Å². The van der Waals surface area contributed by atoms with E-state index in [9.17, 15) is 9.18 Å². The topological polar surface area (TPSA) is 83.2 Å². The van der Waals surface area contributed by atoms with Gasteiger partial charge in [0.2, 0.25) is 0 Å². The molecule has 0 spiro atoms. The lowest BCUT2D eigenvalue weighted by molar-refractivity contribution is 0.0687. The second-order valence-corrected chi connectivity index (χ2v) is 3.51. The fourth-order valence-corrected chi connectivity index (χ4v) is 1.41. The van der Waals surface area contributed by atoms with Gasteiger partial charge in [-0.05, 0) is 30.3 Å². The summed E-state index contributed by atoms with van der Waals surface area (Å²) in [6, 6.07) is 8.26. The summed E-state index contributed by atoms with van der Waals surface area (Å²) in [4.78, 5) is 14.6. The molecule has 0 amide bonds. The Bertz CT molecular complexity index is 680. The maximum absolute atomic E-state index is 13.6. The summed E-state index contributed by atoms with van der Waals surface area (Å²) < 4.78 is 18.8. The first-order chi connectivity index (χ1) is 9.11. The third-order valence-corrected chi connectivity index (χ3v) is 2.25. The molecule has 0 aliphatic carbocycles. The second kappa shape index (κ2) is 5.14. The highest BCUT2D eigenvalue weighted by molar-refractivity contribution is 5.88. The zero-order chi connectivity index (χ0) is 13.8. The van der Waals surface area contributed by atoms with E-state index >= 15 is 0 Å². The van der Waals surface area contributed by atoms with Gasteiger partial charge in [0.05, 0.1) is 11.6 Å². The van der Waals surface area contributed by atoms with Gasteiger partial charge < -0.3 is 9.84 Å². The van der Waals surface area contributed by atoms with Crippen molar-refractivity contribution in [3.8, 4) is 17.6 Å². The Kier molecular flexibility index (Phi) is 3.39. The minimum absolute atomic E-state index is 0.0707. The molecule has 0 aliphatic heterocycles. The number of aromatic nitrogens is 1. The molecule has 1 heterocycles. The largest absolute Gasteiger partial charge is 0.476 e. The van der Waals surface area contributed by atoms with Crippen molar-refractivity contribution in [3.05, 3.63) is 53.6 Å². The molecule has 1 aromatic heterocycles. The van der Waals surface area contributed by atoms with Crippen molar-refractivity contribution in [2.45, 2.75) is 0 Å². The molecule has 0 atom stereocenters. The molecule has 0 saturated carbocycles. The monoisotopic (exact) mass is 258 g/mol. The highest BCUT2D eigenvalue weighted by atomic mass is 19.1. The van der Waals surface area contributed by atoms with Crippen molar-refractivity contribution < 1.29 is 19.0 Å². The first-order valence-electron chi connectivity index (χ1n) is 5.17. The number of aromatic carboxylic acids is 1. The molecule has 0 fully saturated rings. The van der Waals surface area contributed by atoms with Crippen molar-refractivity contribution in [1.82, 2.24) is 4.98 Å². The molecule has 19 heavy (non-hydrogen) atoms. The van der Waals surface area contributed by atoms with Crippen molar-refractivity contribution in [2.75, 3.05) is 0 Å². The van der Waals surface area contributed by atoms with Crippen molar-refractivity contribution >= 4 is 5.97 Å². The van der Waals surface area contributed by atoms with Gasteiger partial charge in [0.25, 0.3) is 0 Å². The number of ether oxygens (including phenoxy) is 1. The quantitative estimate of drug-likeness (QED) is 0.914. The van der Waals surface area contributed by atoms with Crippen LogP contribution in [0.5, 0.6) is 11.5 Å². The van der Waals surface area contributed by atoms with Crippen LogP contribution in [0, 0.1) is 17.1 Å². The molecule has 0 bridgehead atoms. The molecular weight excluding hydrogens is 251 g/mol. The number of benzene rings is 1. The van der Waals surface area contributed by atoms with E-state index in [0.29, 0.717) is 0 Å². The van der Waals surface area contributed by atoms with Crippen LogP contribution in [0.3, 0.4) is 0 Å². The number of rotatable bonds is 3. The van der Waals surface area contributed by atoms with Crippen molar-refractivity contribution in [3.63, 3.8) is 0 Å². The molecule has 1 aromatic carbocycles.